The molecule has 0 bridgehead atoms. The molecule has 2 aromatic rings. The molecule has 2 aromatic heterocycles. The topological polar surface area (TPSA) is 63.1 Å². The second-order valence-electron chi connectivity index (χ2n) is 5.97. The molecule has 1 saturated heterocycles. The molecule has 0 unspecified atom stereocenters. The Morgan fingerprint density at radius 2 is 2.30 bits per heavy atom. The molecule has 0 radical (unpaired) electrons. The van der Waals surface area contributed by atoms with Crippen LogP contribution in [0, 0.1) is 6.92 Å². The van der Waals surface area contributed by atoms with Gasteiger partial charge < -0.3 is 10.2 Å². The molecule has 23 heavy (non-hydrogen) atoms. The van der Waals surface area contributed by atoms with Crippen molar-refractivity contribution in [1.82, 2.24) is 25.0 Å². The standard InChI is InChI=1S/C17H23N5O/c1-14-5-2-6-15(20-14)8-10-18-17(23)22-12-3-7-16(22)13-21-11-4-9-19-21/h2,4-6,9,11,16H,3,7-8,10,12-13H2,1H3,(H,18,23)/t16-/m0/s1. The molecule has 2 amide bonds. The van der Waals surface area contributed by atoms with Gasteiger partial charge in [0.2, 0.25) is 0 Å². The Balaban J connectivity index is 1.49. The lowest BCUT2D eigenvalue weighted by atomic mass is 10.2. The fraction of sp³-hybridized carbons (Fsp3) is 0.471. The SMILES string of the molecule is Cc1cccc(CCNC(=O)N2CCC[C@H]2Cn2cccn2)n1. The van der Waals surface area contributed by atoms with Crippen molar-refractivity contribution in [2.45, 2.75) is 38.8 Å². The maximum absolute atomic E-state index is 12.4. The number of carbonyl (C=O) groups is 1. The molecule has 3 rings (SSSR count). The number of pyridine rings is 1. The molecule has 3 heterocycles. The Morgan fingerprint density at radius 3 is 3.09 bits per heavy atom. The van der Waals surface area contributed by atoms with E-state index in [0.29, 0.717) is 6.54 Å². The van der Waals surface area contributed by atoms with Crippen LogP contribution in [0.2, 0.25) is 0 Å². The van der Waals surface area contributed by atoms with Crippen LogP contribution in [0.4, 0.5) is 4.79 Å². The van der Waals surface area contributed by atoms with Crippen LogP contribution in [0.15, 0.2) is 36.7 Å². The number of aryl methyl sites for hydroxylation is 1. The first-order chi connectivity index (χ1) is 11.2. The van der Waals surface area contributed by atoms with Gasteiger partial charge in [-0.3, -0.25) is 9.67 Å². The largest absolute Gasteiger partial charge is 0.338 e. The van der Waals surface area contributed by atoms with Gasteiger partial charge >= 0.3 is 6.03 Å². The molecule has 1 aliphatic heterocycles. The third kappa shape index (κ3) is 4.09. The van der Waals surface area contributed by atoms with E-state index in [0.717, 1.165) is 43.7 Å². The number of hydrogen-bond acceptors (Lipinski definition) is 3. The first kappa shape index (κ1) is 15.5. The Bertz CT molecular complexity index is 640. The van der Waals surface area contributed by atoms with E-state index < -0.39 is 0 Å². The summed E-state index contributed by atoms with van der Waals surface area (Å²) in [5, 5.41) is 7.25. The van der Waals surface area contributed by atoms with Gasteiger partial charge in [-0.15, -0.1) is 0 Å². The summed E-state index contributed by atoms with van der Waals surface area (Å²) in [5.41, 5.74) is 2.02. The molecule has 0 aromatic carbocycles. The first-order valence-corrected chi connectivity index (χ1v) is 8.17. The minimum atomic E-state index is 0.0207. The highest BCUT2D eigenvalue weighted by molar-refractivity contribution is 5.74. The van der Waals surface area contributed by atoms with E-state index in [2.05, 4.69) is 15.4 Å². The van der Waals surface area contributed by atoms with E-state index in [4.69, 9.17) is 0 Å². The quantitative estimate of drug-likeness (QED) is 0.918. The number of aromatic nitrogens is 3. The first-order valence-electron chi connectivity index (χ1n) is 8.17. The lowest BCUT2D eigenvalue weighted by Crippen LogP contribution is -2.45. The lowest BCUT2D eigenvalue weighted by molar-refractivity contribution is 0.186. The van der Waals surface area contributed by atoms with Crippen molar-refractivity contribution in [2.24, 2.45) is 0 Å². The van der Waals surface area contributed by atoms with Crippen LogP contribution < -0.4 is 5.32 Å². The Kier molecular flexibility index (Phi) is 4.90. The molecular formula is C17H23N5O. The Morgan fingerprint density at radius 1 is 1.39 bits per heavy atom. The molecule has 0 saturated carbocycles. The zero-order chi connectivity index (χ0) is 16.1. The van der Waals surface area contributed by atoms with Crippen molar-refractivity contribution >= 4 is 6.03 Å². The fourth-order valence-electron chi connectivity index (χ4n) is 3.06. The molecular weight excluding hydrogens is 290 g/mol. The van der Waals surface area contributed by atoms with Crippen LogP contribution in [0.3, 0.4) is 0 Å². The number of hydrogen-bond donors (Lipinski definition) is 1. The summed E-state index contributed by atoms with van der Waals surface area (Å²) in [6.07, 6.45) is 6.56. The van der Waals surface area contributed by atoms with E-state index in [1.54, 1.807) is 6.20 Å². The van der Waals surface area contributed by atoms with Gasteiger partial charge in [0.05, 0.1) is 12.6 Å². The molecule has 6 heteroatoms. The van der Waals surface area contributed by atoms with Crippen molar-refractivity contribution in [3.05, 3.63) is 48.0 Å². The minimum Gasteiger partial charge on any atom is -0.338 e. The van der Waals surface area contributed by atoms with Gasteiger partial charge in [-0.25, -0.2) is 4.79 Å². The average molecular weight is 313 g/mol. The minimum absolute atomic E-state index is 0.0207. The summed E-state index contributed by atoms with van der Waals surface area (Å²) < 4.78 is 1.90. The van der Waals surface area contributed by atoms with Gasteiger partial charge in [-0.1, -0.05) is 6.07 Å². The van der Waals surface area contributed by atoms with Crippen molar-refractivity contribution in [3.63, 3.8) is 0 Å². The zero-order valence-electron chi connectivity index (χ0n) is 13.5. The lowest BCUT2D eigenvalue weighted by Gasteiger charge is -2.25. The number of carbonyl (C=O) groups excluding carboxylic acids is 1. The fourth-order valence-corrected chi connectivity index (χ4v) is 3.06. The summed E-state index contributed by atoms with van der Waals surface area (Å²) in [6.45, 7) is 4.17. The van der Waals surface area contributed by atoms with Gasteiger partial charge in [-0.05, 0) is 38.0 Å². The van der Waals surface area contributed by atoms with Crippen LogP contribution in [-0.4, -0.2) is 44.8 Å². The second kappa shape index (κ2) is 7.26. The molecule has 1 aliphatic rings. The number of likely N-dealkylation sites (tertiary alicyclic amines) is 1. The van der Waals surface area contributed by atoms with Crippen LogP contribution in [0.25, 0.3) is 0 Å². The Labute approximate surface area is 136 Å². The van der Waals surface area contributed by atoms with Crippen LogP contribution in [-0.2, 0) is 13.0 Å². The third-order valence-electron chi connectivity index (χ3n) is 4.20. The number of nitrogens with zero attached hydrogens (tertiary/aromatic N) is 4. The second-order valence-corrected chi connectivity index (χ2v) is 5.97. The van der Waals surface area contributed by atoms with Gasteiger partial charge in [0, 0.05) is 43.3 Å². The van der Waals surface area contributed by atoms with E-state index in [1.165, 1.54) is 0 Å². The summed E-state index contributed by atoms with van der Waals surface area (Å²) in [5.74, 6) is 0. The van der Waals surface area contributed by atoms with E-state index >= 15 is 0 Å². The maximum Gasteiger partial charge on any atom is 0.317 e. The van der Waals surface area contributed by atoms with Gasteiger partial charge in [0.1, 0.15) is 0 Å². The normalized spacial score (nSPS) is 17.4. The molecule has 0 spiro atoms. The highest BCUT2D eigenvalue weighted by Crippen LogP contribution is 2.18. The molecule has 6 nitrogen and oxygen atoms in total. The van der Waals surface area contributed by atoms with Crippen molar-refractivity contribution < 1.29 is 4.79 Å². The molecule has 1 atom stereocenters. The van der Waals surface area contributed by atoms with Crippen LogP contribution in [0.1, 0.15) is 24.2 Å². The molecule has 0 aliphatic carbocycles. The van der Waals surface area contributed by atoms with Gasteiger partial charge in [-0.2, -0.15) is 5.10 Å². The van der Waals surface area contributed by atoms with Crippen molar-refractivity contribution in [1.29, 1.82) is 0 Å². The molecule has 1 N–H and O–H groups in total. The highest BCUT2D eigenvalue weighted by Gasteiger charge is 2.28. The Hall–Kier alpha value is -2.37. The van der Waals surface area contributed by atoms with Gasteiger partial charge in [0.15, 0.2) is 0 Å². The summed E-state index contributed by atoms with van der Waals surface area (Å²) in [4.78, 5) is 18.8. The smallest absolute Gasteiger partial charge is 0.317 e. The number of urea groups is 1. The summed E-state index contributed by atoms with van der Waals surface area (Å²) in [7, 11) is 0. The summed E-state index contributed by atoms with van der Waals surface area (Å²) >= 11 is 0. The molecule has 122 valence electrons. The third-order valence-corrected chi connectivity index (χ3v) is 4.20. The average Bonchev–Trinajstić information content (AvgIpc) is 3.19. The highest BCUT2D eigenvalue weighted by atomic mass is 16.2. The predicted octanol–water partition coefficient (Wildman–Crippen LogP) is 2.00. The van der Waals surface area contributed by atoms with E-state index in [-0.39, 0.29) is 12.1 Å². The van der Waals surface area contributed by atoms with E-state index in [9.17, 15) is 4.79 Å². The zero-order valence-corrected chi connectivity index (χ0v) is 13.5. The van der Waals surface area contributed by atoms with Crippen LogP contribution in [0.5, 0.6) is 0 Å². The van der Waals surface area contributed by atoms with Gasteiger partial charge in [0.25, 0.3) is 0 Å². The monoisotopic (exact) mass is 313 g/mol. The van der Waals surface area contributed by atoms with E-state index in [1.807, 2.05) is 47.0 Å². The van der Waals surface area contributed by atoms with Crippen molar-refractivity contribution in [3.8, 4) is 0 Å². The summed E-state index contributed by atoms with van der Waals surface area (Å²) in [6, 6.07) is 8.13. The number of rotatable bonds is 5. The number of amides is 2. The maximum atomic E-state index is 12.4. The predicted molar refractivity (Wildman–Crippen MR) is 88.0 cm³/mol. The number of nitrogens with one attached hydrogen (secondary N) is 1. The van der Waals surface area contributed by atoms with Crippen LogP contribution >= 0.6 is 0 Å². The van der Waals surface area contributed by atoms with Crippen molar-refractivity contribution in [2.75, 3.05) is 13.1 Å². The molecule has 1 fully saturated rings.